The van der Waals surface area contributed by atoms with Crippen LogP contribution in [0.5, 0.6) is 0 Å². The third-order valence-electron chi connectivity index (χ3n) is 3.90. The maximum atomic E-state index is 12.1. The van der Waals surface area contributed by atoms with Gasteiger partial charge < -0.3 is 10.2 Å². The van der Waals surface area contributed by atoms with E-state index in [0.717, 1.165) is 25.2 Å². The zero-order valence-corrected chi connectivity index (χ0v) is 13.2. The van der Waals surface area contributed by atoms with Crippen LogP contribution in [0.15, 0.2) is 43.0 Å². The molecule has 0 saturated heterocycles. The van der Waals surface area contributed by atoms with Crippen molar-refractivity contribution in [2.45, 2.75) is 19.9 Å². The molecule has 0 unspecified atom stereocenters. The van der Waals surface area contributed by atoms with E-state index in [1.807, 2.05) is 13.0 Å². The standard InChI is InChI=1S/C18H20N4O/c1-3-9-19-17(23)16-11-13(2)20-18(21-16)22-10-8-14-6-4-5-7-15(14)12-22/h3-7,11H,1,8-10,12H2,2H3,(H,19,23). The molecule has 0 aliphatic carbocycles. The highest BCUT2D eigenvalue weighted by molar-refractivity contribution is 5.92. The molecule has 0 spiro atoms. The van der Waals surface area contributed by atoms with Crippen LogP contribution in [0.1, 0.15) is 27.3 Å². The van der Waals surface area contributed by atoms with Gasteiger partial charge >= 0.3 is 0 Å². The predicted octanol–water partition coefficient (Wildman–Crippen LogP) is 2.26. The maximum absolute atomic E-state index is 12.1. The van der Waals surface area contributed by atoms with Crippen LogP contribution < -0.4 is 10.2 Å². The van der Waals surface area contributed by atoms with E-state index in [9.17, 15) is 4.79 Å². The maximum Gasteiger partial charge on any atom is 0.270 e. The molecule has 2 heterocycles. The highest BCUT2D eigenvalue weighted by atomic mass is 16.1. The molecule has 1 aromatic heterocycles. The molecule has 1 aliphatic rings. The number of carbonyl (C=O) groups is 1. The van der Waals surface area contributed by atoms with Crippen LogP contribution in [0.4, 0.5) is 5.95 Å². The summed E-state index contributed by atoms with van der Waals surface area (Å²) >= 11 is 0. The summed E-state index contributed by atoms with van der Waals surface area (Å²) in [6, 6.07) is 10.1. The van der Waals surface area contributed by atoms with Crippen molar-refractivity contribution in [3.8, 4) is 0 Å². The van der Waals surface area contributed by atoms with E-state index in [2.05, 4.69) is 45.0 Å². The SMILES string of the molecule is C=CCNC(=O)c1cc(C)nc(N2CCc3ccccc3C2)n1. The Kier molecular flexibility index (Phi) is 4.37. The molecule has 1 aromatic carbocycles. The summed E-state index contributed by atoms with van der Waals surface area (Å²) in [6.07, 6.45) is 2.61. The van der Waals surface area contributed by atoms with Gasteiger partial charge in [0.05, 0.1) is 0 Å². The summed E-state index contributed by atoms with van der Waals surface area (Å²) in [5, 5.41) is 2.76. The summed E-state index contributed by atoms with van der Waals surface area (Å²) in [6.45, 7) is 7.53. The Hall–Kier alpha value is -2.69. The van der Waals surface area contributed by atoms with Gasteiger partial charge in [0.2, 0.25) is 5.95 Å². The zero-order chi connectivity index (χ0) is 16.2. The Labute approximate surface area is 136 Å². The fourth-order valence-electron chi connectivity index (χ4n) is 2.73. The lowest BCUT2D eigenvalue weighted by Gasteiger charge is -2.29. The molecule has 0 bridgehead atoms. The van der Waals surface area contributed by atoms with Crippen molar-refractivity contribution in [2.75, 3.05) is 18.0 Å². The van der Waals surface area contributed by atoms with E-state index in [4.69, 9.17) is 0 Å². The molecular weight excluding hydrogens is 288 g/mol. The molecule has 1 aliphatic heterocycles. The van der Waals surface area contributed by atoms with E-state index in [0.29, 0.717) is 18.2 Å². The number of hydrogen-bond acceptors (Lipinski definition) is 4. The summed E-state index contributed by atoms with van der Waals surface area (Å²) in [4.78, 5) is 23.2. The molecule has 1 amide bonds. The Morgan fingerprint density at radius 2 is 2.13 bits per heavy atom. The summed E-state index contributed by atoms with van der Waals surface area (Å²) < 4.78 is 0. The van der Waals surface area contributed by atoms with E-state index in [1.54, 1.807) is 12.1 Å². The molecule has 0 radical (unpaired) electrons. The highest BCUT2D eigenvalue weighted by Gasteiger charge is 2.20. The van der Waals surface area contributed by atoms with Crippen LogP contribution in [0.2, 0.25) is 0 Å². The molecule has 0 atom stereocenters. The number of fused-ring (bicyclic) bond motifs is 1. The van der Waals surface area contributed by atoms with Crippen LogP contribution in [-0.2, 0) is 13.0 Å². The third kappa shape index (κ3) is 3.39. The fraction of sp³-hybridized carbons (Fsp3) is 0.278. The number of aromatic nitrogens is 2. The topological polar surface area (TPSA) is 58.1 Å². The smallest absolute Gasteiger partial charge is 0.270 e. The van der Waals surface area contributed by atoms with Crippen LogP contribution in [0.25, 0.3) is 0 Å². The number of aryl methyl sites for hydroxylation is 1. The molecule has 2 aromatic rings. The number of benzene rings is 1. The van der Waals surface area contributed by atoms with Gasteiger partial charge in [0.1, 0.15) is 5.69 Å². The van der Waals surface area contributed by atoms with Crippen LogP contribution in [-0.4, -0.2) is 29.0 Å². The van der Waals surface area contributed by atoms with Gasteiger partial charge in [0.25, 0.3) is 5.91 Å². The van der Waals surface area contributed by atoms with Crippen LogP contribution in [0.3, 0.4) is 0 Å². The molecule has 0 saturated carbocycles. The number of anilines is 1. The van der Waals surface area contributed by atoms with Gasteiger partial charge in [-0.05, 0) is 30.5 Å². The minimum Gasteiger partial charge on any atom is -0.347 e. The first-order valence-electron chi connectivity index (χ1n) is 7.74. The van der Waals surface area contributed by atoms with E-state index in [-0.39, 0.29) is 5.91 Å². The molecule has 1 N–H and O–H groups in total. The first kappa shape index (κ1) is 15.2. The van der Waals surface area contributed by atoms with Crippen LogP contribution >= 0.6 is 0 Å². The summed E-state index contributed by atoms with van der Waals surface area (Å²) in [5.74, 6) is 0.414. The molecule has 5 heteroatoms. The van der Waals surface area contributed by atoms with Gasteiger partial charge in [-0.2, -0.15) is 0 Å². The largest absolute Gasteiger partial charge is 0.347 e. The number of carbonyl (C=O) groups excluding carboxylic acids is 1. The van der Waals surface area contributed by atoms with Gasteiger partial charge in [-0.3, -0.25) is 4.79 Å². The lowest BCUT2D eigenvalue weighted by Crippen LogP contribution is -2.33. The van der Waals surface area contributed by atoms with Crippen molar-refractivity contribution < 1.29 is 4.79 Å². The first-order chi connectivity index (χ1) is 11.2. The Bertz CT molecular complexity index is 742. The summed E-state index contributed by atoms with van der Waals surface area (Å²) in [7, 11) is 0. The zero-order valence-electron chi connectivity index (χ0n) is 13.2. The van der Waals surface area contributed by atoms with Gasteiger partial charge in [-0.1, -0.05) is 30.3 Å². The molecule has 3 rings (SSSR count). The second-order valence-corrected chi connectivity index (χ2v) is 5.63. The van der Waals surface area contributed by atoms with Crippen molar-refractivity contribution in [1.82, 2.24) is 15.3 Å². The average molecular weight is 308 g/mol. The lowest BCUT2D eigenvalue weighted by molar-refractivity contribution is 0.0953. The van der Waals surface area contributed by atoms with Crippen molar-refractivity contribution in [3.05, 3.63) is 65.5 Å². The van der Waals surface area contributed by atoms with Crippen molar-refractivity contribution in [3.63, 3.8) is 0 Å². The minimum atomic E-state index is -0.200. The van der Waals surface area contributed by atoms with Crippen molar-refractivity contribution in [2.24, 2.45) is 0 Å². The van der Waals surface area contributed by atoms with Gasteiger partial charge in [-0.25, -0.2) is 9.97 Å². The number of nitrogens with zero attached hydrogens (tertiary/aromatic N) is 3. The van der Waals surface area contributed by atoms with Crippen molar-refractivity contribution in [1.29, 1.82) is 0 Å². The second kappa shape index (κ2) is 6.60. The predicted molar refractivity (Wildman–Crippen MR) is 90.5 cm³/mol. The van der Waals surface area contributed by atoms with E-state index >= 15 is 0 Å². The normalized spacial score (nSPS) is 13.3. The van der Waals surface area contributed by atoms with Crippen LogP contribution in [0, 0.1) is 6.92 Å². The molecule has 118 valence electrons. The molecule has 23 heavy (non-hydrogen) atoms. The van der Waals surface area contributed by atoms with Gasteiger partial charge in [-0.15, -0.1) is 6.58 Å². The number of nitrogens with one attached hydrogen (secondary N) is 1. The molecule has 0 fully saturated rings. The Morgan fingerprint density at radius 1 is 1.35 bits per heavy atom. The first-order valence-corrected chi connectivity index (χ1v) is 7.74. The van der Waals surface area contributed by atoms with Crippen molar-refractivity contribution >= 4 is 11.9 Å². The quantitative estimate of drug-likeness (QED) is 0.880. The molecular formula is C18H20N4O. The number of amides is 1. The van der Waals surface area contributed by atoms with E-state index in [1.165, 1.54) is 11.1 Å². The summed E-state index contributed by atoms with van der Waals surface area (Å²) in [5.41, 5.74) is 3.85. The van der Waals surface area contributed by atoms with E-state index < -0.39 is 0 Å². The van der Waals surface area contributed by atoms with Gasteiger partial charge in [0, 0.05) is 25.3 Å². The number of hydrogen-bond donors (Lipinski definition) is 1. The number of rotatable bonds is 4. The minimum absolute atomic E-state index is 0.200. The Balaban J connectivity index is 1.85. The third-order valence-corrected chi connectivity index (χ3v) is 3.90. The highest BCUT2D eigenvalue weighted by Crippen LogP contribution is 2.22. The lowest BCUT2D eigenvalue weighted by atomic mass is 10.0. The second-order valence-electron chi connectivity index (χ2n) is 5.63. The Morgan fingerprint density at radius 3 is 2.91 bits per heavy atom. The molecule has 5 nitrogen and oxygen atoms in total. The average Bonchev–Trinajstić information content (AvgIpc) is 2.58. The van der Waals surface area contributed by atoms with Gasteiger partial charge in [0.15, 0.2) is 0 Å². The fourth-order valence-corrected chi connectivity index (χ4v) is 2.73. The monoisotopic (exact) mass is 308 g/mol.